The normalized spacial score (nSPS) is 16.6. The Labute approximate surface area is 120 Å². The van der Waals surface area contributed by atoms with Crippen molar-refractivity contribution >= 4 is 22.2 Å². The molecule has 2 aromatic rings. The van der Waals surface area contributed by atoms with Gasteiger partial charge in [-0.05, 0) is 30.2 Å². The molecule has 0 radical (unpaired) electrons. The zero-order valence-corrected chi connectivity index (χ0v) is 12.0. The molecule has 0 atom stereocenters. The first-order valence-corrected chi connectivity index (χ1v) is 7.44. The number of hydrogen-bond acceptors (Lipinski definition) is 2. The summed E-state index contributed by atoms with van der Waals surface area (Å²) in [4.78, 5) is 13.7. The van der Waals surface area contributed by atoms with Gasteiger partial charge >= 0.3 is 0 Å². The highest BCUT2D eigenvalue weighted by molar-refractivity contribution is 5.94. The third kappa shape index (κ3) is 2.69. The van der Waals surface area contributed by atoms with Gasteiger partial charge in [-0.1, -0.05) is 36.4 Å². The van der Waals surface area contributed by atoms with Gasteiger partial charge in [-0.25, -0.2) is 0 Å². The van der Waals surface area contributed by atoms with Crippen molar-refractivity contribution in [2.45, 2.75) is 25.7 Å². The summed E-state index contributed by atoms with van der Waals surface area (Å²) in [5.41, 5.74) is 1.29. The predicted octanol–water partition coefficient (Wildman–Crippen LogP) is 4.04. The zero-order chi connectivity index (χ0) is 13.9. The van der Waals surface area contributed by atoms with Gasteiger partial charge in [0.25, 0.3) is 0 Å². The maximum atomic E-state index is 11.3. The highest BCUT2D eigenvalue weighted by Gasteiger charge is 2.20. The molecule has 0 heterocycles. The Morgan fingerprint density at radius 2 is 1.75 bits per heavy atom. The van der Waals surface area contributed by atoms with Crippen LogP contribution in [-0.2, 0) is 4.79 Å². The van der Waals surface area contributed by atoms with E-state index in [9.17, 15) is 4.79 Å². The van der Waals surface area contributed by atoms with Crippen molar-refractivity contribution in [2.75, 3.05) is 18.5 Å². The van der Waals surface area contributed by atoms with Gasteiger partial charge in [0, 0.05) is 37.5 Å². The fraction of sp³-hybridized carbons (Fsp3) is 0.389. The Hall–Kier alpha value is -1.83. The molecule has 3 rings (SSSR count). The number of Topliss-reactive ketones (excluding diaryl/α,β-unsaturated/α-hetero) is 1. The van der Waals surface area contributed by atoms with Gasteiger partial charge in [0.05, 0.1) is 0 Å². The number of carbonyl (C=O) groups is 1. The van der Waals surface area contributed by atoms with Crippen LogP contribution < -0.4 is 4.90 Å². The second kappa shape index (κ2) is 5.66. The monoisotopic (exact) mass is 267 g/mol. The molecule has 0 spiro atoms. The minimum absolute atomic E-state index is 0.439. The molecule has 0 amide bonds. The van der Waals surface area contributed by atoms with Crippen LogP contribution in [0.3, 0.4) is 0 Å². The molecule has 1 fully saturated rings. The Morgan fingerprint density at radius 1 is 1.05 bits per heavy atom. The topological polar surface area (TPSA) is 20.3 Å². The molecule has 0 bridgehead atoms. The summed E-state index contributed by atoms with van der Waals surface area (Å²) in [6.07, 6.45) is 3.64. The lowest BCUT2D eigenvalue weighted by molar-refractivity contribution is -0.120. The van der Waals surface area contributed by atoms with Crippen LogP contribution in [0.25, 0.3) is 10.8 Å². The second-order valence-electron chi connectivity index (χ2n) is 5.86. The molecule has 2 heteroatoms. The lowest BCUT2D eigenvalue weighted by Crippen LogP contribution is -2.28. The molecule has 0 aromatic heterocycles. The lowest BCUT2D eigenvalue weighted by Gasteiger charge is -2.28. The van der Waals surface area contributed by atoms with Gasteiger partial charge < -0.3 is 4.90 Å². The van der Waals surface area contributed by atoms with E-state index in [1.54, 1.807) is 0 Å². The number of fused-ring (bicyclic) bond motifs is 1. The maximum absolute atomic E-state index is 11.3. The van der Waals surface area contributed by atoms with Crippen molar-refractivity contribution in [1.82, 2.24) is 0 Å². The third-order valence-electron chi connectivity index (χ3n) is 4.37. The van der Waals surface area contributed by atoms with Gasteiger partial charge in [0.1, 0.15) is 5.78 Å². The van der Waals surface area contributed by atoms with Crippen LogP contribution in [0, 0.1) is 5.92 Å². The molecule has 0 unspecified atom stereocenters. The summed E-state index contributed by atoms with van der Waals surface area (Å²) in [6.45, 7) is 1.04. The van der Waals surface area contributed by atoms with Gasteiger partial charge in [-0.3, -0.25) is 4.79 Å². The van der Waals surface area contributed by atoms with Crippen molar-refractivity contribution in [3.63, 3.8) is 0 Å². The number of nitrogens with zero attached hydrogens (tertiary/aromatic N) is 1. The molecule has 2 aromatic carbocycles. The van der Waals surface area contributed by atoms with Gasteiger partial charge in [-0.2, -0.15) is 0 Å². The summed E-state index contributed by atoms with van der Waals surface area (Å²) in [5.74, 6) is 1.09. The quantitative estimate of drug-likeness (QED) is 0.836. The van der Waals surface area contributed by atoms with Gasteiger partial charge in [0.2, 0.25) is 0 Å². The standard InChI is InChI=1S/C18H21NO/c1-19(13-14-9-11-16(20)12-10-14)18-8-4-6-15-5-2-3-7-17(15)18/h2-8,14H,9-13H2,1H3. The fourth-order valence-electron chi connectivity index (χ4n) is 3.21. The largest absolute Gasteiger partial charge is 0.374 e. The molecule has 1 saturated carbocycles. The Morgan fingerprint density at radius 3 is 2.55 bits per heavy atom. The Balaban J connectivity index is 1.78. The van der Waals surface area contributed by atoms with E-state index in [-0.39, 0.29) is 0 Å². The number of rotatable bonds is 3. The first kappa shape index (κ1) is 13.2. The molecule has 1 aliphatic rings. The van der Waals surface area contributed by atoms with Crippen LogP contribution in [0.2, 0.25) is 0 Å². The van der Waals surface area contributed by atoms with Crippen LogP contribution in [-0.4, -0.2) is 19.4 Å². The summed E-state index contributed by atoms with van der Waals surface area (Å²) in [6, 6.07) is 15.0. The van der Waals surface area contributed by atoms with Crippen LogP contribution in [0.4, 0.5) is 5.69 Å². The van der Waals surface area contributed by atoms with Gasteiger partial charge in [-0.15, -0.1) is 0 Å². The molecular weight excluding hydrogens is 246 g/mol. The smallest absolute Gasteiger partial charge is 0.132 e. The first-order valence-electron chi connectivity index (χ1n) is 7.44. The highest BCUT2D eigenvalue weighted by atomic mass is 16.1. The molecule has 0 N–H and O–H groups in total. The number of ketones is 1. The lowest BCUT2D eigenvalue weighted by atomic mass is 9.88. The van der Waals surface area contributed by atoms with Crippen molar-refractivity contribution in [3.05, 3.63) is 42.5 Å². The zero-order valence-electron chi connectivity index (χ0n) is 12.0. The van der Waals surface area contributed by atoms with Crippen molar-refractivity contribution < 1.29 is 4.79 Å². The number of benzene rings is 2. The summed E-state index contributed by atoms with van der Waals surface area (Å²) in [7, 11) is 2.16. The number of anilines is 1. The third-order valence-corrected chi connectivity index (χ3v) is 4.37. The average Bonchev–Trinajstić information content (AvgIpc) is 2.49. The van der Waals surface area contributed by atoms with E-state index in [1.807, 2.05) is 0 Å². The van der Waals surface area contributed by atoms with E-state index in [1.165, 1.54) is 16.5 Å². The second-order valence-corrected chi connectivity index (χ2v) is 5.86. The van der Waals surface area contributed by atoms with E-state index in [0.29, 0.717) is 11.7 Å². The SMILES string of the molecule is CN(CC1CCC(=O)CC1)c1cccc2ccccc12. The first-order chi connectivity index (χ1) is 9.74. The highest BCUT2D eigenvalue weighted by Crippen LogP contribution is 2.29. The van der Waals surface area contributed by atoms with Crippen molar-refractivity contribution in [3.8, 4) is 0 Å². The average molecular weight is 267 g/mol. The van der Waals surface area contributed by atoms with Crippen molar-refractivity contribution in [2.24, 2.45) is 5.92 Å². The molecule has 104 valence electrons. The summed E-state index contributed by atoms with van der Waals surface area (Å²) in [5, 5.41) is 2.60. The van der Waals surface area contributed by atoms with Gasteiger partial charge in [0.15, 0.2) is 0 Å². The number of carbonyl (C=O) groups excluding carboxylic acids is 1. The Kier molecular flexibility index (Phi) is 3.72. The van der Waals surface area contributed by atoms with E-state index in [0.717, 1.165) is 32.2 Å². The van der Waals surface area contributed by atoms with Crippen LogP contribution in [0.15, 0.2) is 42.5 Å². The van der Waals surface area contributed by atoms with Crippen LogP contribution in [0.5, 0.6) is 0 Å². The van der Waals surface area contributed by atoms with Crippen LogP contribution in [0.1, 0.15) is 25.7 Å². The van der Waals surface area contributed by atoms with Crippen molar-refractivity contribution in [1.29, 1.82) is 0 Å². The fourth-order valence-corrected chi connectivity index (χ4v) is 3.21. The molecule has 1 aliphatic carbocycles. The van der Waals surface area contributed by atoms with E-state index >= 15 is 0 Å². The molecule has 20 heavy (non-hydrogen) atoms. The molecule has 0 aliphatic heterocycles. The maximum Gasteiger partial charge on any atom is 0.132 e. The minimum Gasteiger partial charge on any atom is -0.374 e. The molecule has 2 nitrogen and oxygen atoms in total. The number of hydrogen-bond donors (Lipinski definition) is 0. The summed E-state index contributed by atoms with van der Waals surface area (Å²) >= 11 is 0. The Bertz CT molecular complexity index is 604. The van der Waals surface area contributed by atoms with Crippen LogP contribution >= 0.6 is 0 Å². The minimum atomic E-state index is 0.439. The molecule has 0 saturated heterocycles. The summed E-state index contributed by atoms with van der Waals surface area (Å²) < 4.78 is 0. The van der Waals surface area contributed by atoms with E-state index in [2.05, 4.69) is 54.4 Å². The predicted molar refractivity (Wildman–Crippen MR) is 84.2 cm³/mol. The molecular formula is C18H21NO. The van der Waals surface area contributed by atoms with E-state index < -0.39 is 0 Å². The van der Waals surface area contributed by atoms with E-state index in [4.69, 9.17) is 0 Å².